The number of furan rings is 1. The maximum atomic E-state index is 6.35. The van der Waals surface area contributed by atoms with Crippen LogP contribution in [0.4, 0.5) is 17.1 Å². The van der Waals surface area contributed by atoms with Gasteiger partial charge in [0.05, 0.1) is 11.4 Å². The molecule has 232 valence electrons. The van der Waals surface area contributed by atoms with Crippen LogP contribution in [0, 0.1) is 0 Å². The van der Waals surface area contributed by atoms with E-state index < -0.39 is 0 Å². The normalized spacial score (nSPS) is 13.3. The first-order valence-electron chi connectivity index (χ1n) is 17.0. The summed E-state index contributed by atoms with van der Waals surface area (Å²) in [7, 11) is 0. The number of rotatable bonds is 4. The van der Waals surface area contributed by atoms with Crippen molar-refractivity contribution in [1.29, 1.82) is 0 Å². The van der Waals surface area contributed by atoms with E-state index in [-0.39, 0.29) is 5.41 Å². The molecule has 0 spiro atoms. The molecule has 0 amide bonds. The molecule has 1 aliphatic carbocycles. The van der Waals surface area contributed by atoms with Crippen LogP contribution in [0.1, 0.15) is 25.0 Å². The summed E-state index contributed by atoms with van der Waals surface area (Å²) in [5, 5.41) is 7.14. The highest BCUT2D eigenvalue weighted by molar-refractivity contribution is 6.19. The third-order valence-corrected chi connectivity index (χ3v) is 10.6. The second kappa shape index (κ2) is 10.4. The van der Waals surface area contributed by atoms with Gasteiger partial charge in [-0.25, -0.2) is 0 Å². The third kappa shape index (κ3) is 4.14. The Kier molecular flexibility index (Phi) is 5.95. The van der Waals surface area contributed by atoms with Crippen LogP contribution < -0.4 is 4.90 Å². The first-order chi connectivity index (χ1) is 24.1. The molecule has 10 rings (SSSR count). The Morgan fingerprint density at radius 3 is 2.08 bits per heavy atom. The van der Waals surface area contributed by atoms with Gasteiger partial charge >= 0.3 is 0 Å². The Hall–Kier alpha value is -6.12. The van der Waals surface area contributed by atoms with Crippen molar-refractivity contribution in [3.05, 3.63) is 175 Å². The molecule has 0 unspecified atom stereocenters. The van der Waals surface area contributed by atoms with Crippen LogP contribution in [0.3, 0.4) is 0 Å². The van der Waals surface area contributed by atoms with Gasteiger partial charge in [-0.05, 0) is 86.3 Å². The predicted octanol–water partition coefficient (Wildman–Crippen LogP) is 13.3. The Balaban J connectivity index is 1.29. The summed E-state index contributed by atoms with van der Waals surface area (Å²) in [5.74, 6) is 0. The molecule has 49 heavy (non-hydrogen) atoms. The molecule has 0 radical (unpaired) electrons. The Bertz CT molecular complexity index is 2770. The molecule has 0 saturated heterocycles. The Morgan fingerprint density at radius 1 is 0.469 bits per heavy atom. The highest BCUT2D eigenvalue weighted by Crippen LogP contribution is 2.55. The van der Waals surface area contributed by atoms with Crippen molar-refractivity contribution in [2.45, 2.75) is 19.3 Å². The van der Waals surface area contributed by atoms with Gasteiger partial charge in [0.2, 0.25) is 0 Å². The standard InChI is InChI=1S/C47H33NO/c1-47(2)39-17-8-5-15-36(39)46-40(47)18-11-20-42(46)48(41-19-9-6-14-35(41)33-23-22-30-12-3-4-13-32(30)28-33)34-26-24-31-25-27-44-45(38(31)29-34)37-16-7-10-21-43(37)49-44/h3-29H,1-2H3. The maximum Gasteiger partial charge on any atom is 0.136 e. The fourth-order valence-corrected chi connectivity index (χ4v) is 8.27. The van der Waals surface area contributed by atoms with Crippen LogP contribution >= 0.6 is 0 Å². The van der Waals surface area contributed by atoms with E-state index >= 15 is 0 Å². The molecule has 2 heteroatoms. The number of fused-ring (bicyclic) bond motifs is 9. The molecular formula is C47H33NO. The zero-order valence-electron chi connectivity index (χ0n) is 27.4. The van der Waals surface area contributed by atoms with Gasteiger partial charge in [0.15, 0.2) is 0 Å². The molecule has 1 aromatic heterocycles. The fraction of sp³-hybridized carbons (Fsp3) is 0.0638. The van der Waals surface area contributed by atoms with Gasteiger partial charge in [0.1, 0.15) is 11.2 Å². The van der Waals surface area contributed by atoms with Crippen molar-refractivity contribution in [2.75, 3.05) is 4.90 Å². The molecule has 0 aliphatic heterocycles. The second-order valence-corrected chi connectivity index (χ2v) is 13.7. The van der Waals surface area contributed by atoms with Crippen LogP contribution in [0.5, 0.6) is 0 Å². The molecule has 1 aliphatic rings. The maximum absolute atomic E-state index is 6.35. The number of benzene rings is 8. The molecule has 0 N–H and O–H groups in total. The topological polar surface area (TPSA) is 16.4 Å². The van der Waals surface area contributed by atoms with Crippen LogP contribution in [0.15, 0.2) is 168 Å². The fourth-order valence-electron chi connectivity index (χ4n) is 8.27. The van der Waals surface area contributed by atoms with Crippen molar-refractivity contribution in [1.82, 2.24) is 0 Å². The zero-order chi connectivity index (χ0) is 32.7. The highest BCUT2D eigenvalue weighted by atomic mass is 16.3. The summed E-state index contributed by atoms with van der Waals surface area (Å²) in [6.07, 6.45) is 0. The minimum Gasteiger partial charge on any atom is -0.456 e. The average molecular weight is 628 g/mol. The smallest absolute Gasteiger partial charge is 0.136 e. The minimum absolute atomic E-state index is 0.114. The van der Waals surface area contributed by atoms with Gasteiger partial charge in [-0.3, -0.25) is 0 Å². The lowest BCUT2D eigenvalue weighted by atomic mass is 9.82. The molecule has 0 bridgehead atoms. The third-order valence-electron chi connectivity index (χ3n) is 10.6. The molecule has 2 nitrogen and oxygen atoms in total. The van der Waals surface area contributed by atoms with E-state index in [4.69, 9.17) is 4.42 Å². The molecule has 9 aromatic rings. The summed E-state index contributed by atoms with van der Waals surface area (Å²) in [5.41, 5.74) is 12.8. The highest BCUT2D eigenvalue weighted by Gasteiger charge is 2.38. The van der Waals surface area contributed by atoms with Gasteiger partial charge in [-0.1, -0.05) is 135 Å². The average Bonchev–Trinajstić information content (AvgIpc) is 3.65. The predicted molar refractivity (Wildman–Crippen MR) is 206 cm³/mol. The first-order valence-corrected chi connectivity index (χ1v) is 17.0. The van der Waals surface area contributed by atoms with Crippen molar-refractivity contribution in [3.63, 3.8) is 0 Å². The summed E-state index contributed by atoms with van der Waals surface area (Å²) in [6.45, 7) is 4.71. The lowest BCUT2D eigenvalue weighted by Gasteiger charge is -2.31. The number of para-hydroxylation sites is 2. The van der Waals surface area contributed by atoms with E-state index in [1.807, 2.05) is 6.07 Å². The molecular weight excluding hydrogens is 595 g/mol. The summed E-state index contributed by atoms with van der Waals surface area (Å²) >= 11 is 0. The second-order valence-electron chi connectivity index (χ2n) is 13.7. The molecule has 0 saturated carbocycles. The number of anilines is 3. The zero-order valence-corrected chi connectivity index (χ0v) is 27.4. The molecule has 8 aromatic carbocycles. The van der Waals surface area contributed by atoms with Crippen LogP contribution in [-0.2, 0) is 5.41 Å². The molecule has 0 fully saturated rings. The minimum atomic E-state index is -0.114. The van der Waals surface area contributed by atoms with Crippen molar-refractivity contribution in [3.8, 4) is 22.3 Å². The Morgan fingerprint density at radius 2 is 1.16 bits per heavy atom. The van der Waals surface area contributed by atoms with Crippen molar-refractivity contribution in [2.24, 2.45) is 0 Å². The summed E-state index contributed by atoms with van der Waals surface area (Å²) < 4.78 is 6.35. The van der Waals surface area contributed by atoms with E-state index in [0.29, 0.717) is 0 Å². The lowest BCUT2D eigenvalue weighted by molar-refractivity contribution is 0.660. The van der Waals surface area contributed by atoms with Gasteiger partial charge in [0, 0.05) is 33.0 Å². The van der Waals surface area contributed by atoms with Crippen LogP contribution in [0.2, 0.25) is 0 Å². The van der Waals surface area contributed by atoms with Crippen molar-refractivity contribution < 1.29 is 4.42 Å². The summed E-state index contributed by atoms with van der Waals surface area (Å²) in [4.78, 5) is 2.49. The number of hydrogen-bond donors (Lipinski definition) is 0. The lowest BCUT2D eigenvalue weighted by Crippen LogP contribution is -2.16. The monoisotopic (exact) mass is 627 g/mol. The van der Waals surface area contributed by atoms with E-state index in [1.165, 1.54) is 60.6 Å². The van der Waals surface area contributed by atoms with Crippen molar-refractivity contribution >= 4 is 60.5 Å². The van der Waals surface area contributed by atoms with Gasteiger partial charge in [0.25, 0.3) is 0 Å². The first kappa shape index (κ1) is 27.9. The molecule has 1 heterocycles. The SMILES string of the molecule is CC1(C)c2ccccc2-c2c(N(c3ccc4ccc5oc6ccccc6c5c4c3)c3ccccc3-c3ccc4ccccc4c3)cccc21. The van der Waals surface area contributed by atoms with E-state index in [0.717, 1.165) is 33.3 Å². The quantitative estimate of drug-likeness (QED) is 0.193. The molecule has 0 atom stereocenters. The van der Waals surface area contributed by atoms with Crippen LogP contribution in [-0.4, -0.2) is 0 Å². The van der Waals surface area contributed by atoms with Gasteiger partial charge < -0.3 is 9.32 Å². The largest absolute Gasteiger partial charge is 0.456 e. The van der Waals surface area contributed by atoms with E-state index in [2.05, 4.69) is 176 Å². The number of nitrogens with zero attached hydrogens (tertiary/aromatic N) is 1. The number of hydrogen-bond acceptors (Lipinski definition) is 2. The van der Waals surface area contributed by atoms with Gasteiger partial charge in [-0.2, -0.15) is 0 Å². The van der Waals surface area contributed by atoms with Crippen LogP contribution in [0.25, 0.3) is 65.7 Å². The van der Waals surface area contributed by atoms with Gasteiger partial charge in [-0.15, -0.1) is 0 Å². The van der Waals surface area contributed by atoms with E-state index in [9.17, 15) is 0 Å². The Labute approximate surface area is 285 Å². The summed E-state index contributed by atoms with van der Waals surface area (Å²) in [6, 6.07) is 59.6. The van der Waals surface area contributed by atoms with E-state index in [1.54, 1.807) is 0 Å².